The quantitative estimate of drug-likeness (QED) is 0.570. The van der Waals surface area contributed by atoms with Gasteiger partial charge in [0.25, 0.3) is 0 Å². The predicted octanol–water partition coefficient (Wildman–Crippen LogP) is 2.64. The lowest BCUT2D eigenvalue weighted by atomic mass is 10.3. The highest BCUT2D eigenvalue weighted by Gasteiger charge is 2.18. The van der Waals surface area contributed by atoms with Crippen molar-refractivity contribution in [2.75, 3.05) is 0 Å². The molecule has 0 aliphatic rings. The van der Waals surface area contributed by atoms with Gasteiger partial charge in [-0.3, -0.25) is 4.40 Å². The maximum absolute atomic E-state index is 4.77. The molecule has 0 saturated heterocycles. The van der Waals surface area contributed by atoms with E-state index in [2.05, 4.69) is 22.2 Å². The number of hydrogen-bond donors (Lipinski definition) is 0. The van der Waals surface area contributed by atoms with Crippen molar-refractivity contribution in [3.63, 3.8) is 0 Å². The number of aryl methyl sites for hydroxylation is 3. The zero-order valence-electron chi connectivity index (χ0n) is 12.8. The van der Waals surface area contributed by atoms with Crippen molar-refractivity contribution in [1.29, 1.82) is 0 Å². The summed E-state index contributed by atoms with van der Waals surface area (Å²) in [6.07, 6.45) is 0.820. The number of fused-ring (bicyclic) bond motifs is 3. The fraction of sp³-hybridized carbons (Fsp3) is 0.250. The first-order valence-electron chi connectivity index (χ1n) is 7.36. The smallest absolute Gasteiger partial charge is 0.175 e. The Kier molecular flexibility index (Phi) is 2.72. The second kappa shape index (κ2) is 4.62. The Bertz CT molecular complexity index is 980. The molecule has 0 saturated carbocycles. The summed E-state index contributed by atoms with van der Waals surface area (Å²) in [6, 6.07) is 10.0. The molecule has 0 unspecified atom stereocenters. The molecule has 1 aromatic carbocycles. The first-order valence-corrected chi connectivity index (χ1v) is 7.36. The Morgan fingerprint density at radius 2 is 1.77 bits per heavy atom. The van der Waals surface area contributed by atoms with E-state index in [9.17, 15) is 0 Å². The van der Waals surface area contributed by atoms with E-state index in [0.29, 0.717) is 0 Å². The SMILES string of the molecule is CCc1nnc2c3c(C)nn(-c4ccccc4)c3nc(C)n12. The van der Waals surface area contributed by atoms with Crippen LogP contribution in [0.1, 0.15) is 24.3 Å². The molecule has 0 atom stereocenters. The van der Waals surface area contributed by atoms with Crippen LogP contribution in [0.25, 0.3) is 22.4 Å². The molecule has 3 heterocycles. The van der Waals surface area contributed by atoms with Gasteiger partial charge in [0.05, 0.1) is 16.8 Å². The molecular formula is C16H16N6. The third-order valence-electron chi connectivity index (χ3n) is 3.90. The van der Waals surface area contributed by atoms with Crippen molar-refractivity contribution in [2.24, 2.45) is 0 Å². The van der Waals surface area contributed by atoms with Crippen molar-refractivity contribution in [2.45, 2.75) is 27.2 Å². The molecule has 0 aliphatic carbocycles. The zero-order chi connectivity index (χ0) is 15.3. The maximum Gasteiger partial charge on any atom is 0.175 e. The third-order valence-corrected chi connectivity index (χ3v) is 3.90. The molecule has 0 radical (unpaired) electrons. The lowest BCUT2D eigenvalue weighted by Gasteiger charge is -2.05. The van der Waals surface area contributed by atoms with E-state index >= 15 is 0 Å². The number of benzene rings is 1. The summed E-state index contributed by atoms with van der Waals surface area (Å²) in [6.45, 7) is 6.03. The number of para-hydroxylation sites is 1. The molecule has 0 bridgehead atoms. The van der Waals surface area contributed by atoms with E-state index in [0.717, 1.165) is 46.1 Å². The highest BCUT2D eigenvalue weighted by Crippen LogP contribution is 2.25. The molecule has 6 nitrogen and oxygen atoms in total. The fourth-order valence-electron chi connectivity index (χ4n) is 2.88. The summed E-state index contributed by atoms with van der Waals surface area (Å²) in [5.41, 5.74) is 3.56. The number of nitrogens with zero attached hydrogens (tertiary/aromatic N) is 6. The van der Waals surface area contributed by atoms with E-state index < -0.39 is 0 Å². The molecular weight excluding hydrogens is 276 g/mol. The zero-order valence-corrected chi connectivity index (χ0v) is 12.8. The van der Waals surface area contributed by atoms with Crippen molar-refractivity contribution in [3.05, 3.63) is 47.7 Å². The van der Waals surface area contributed by atoms with Crippen LogP contribution < -0.4 is 0 Å². The average Bonchev–Trinajstić information content (AvgIpc) is 3.10. The van der Waals surface area contributed by atoms with Gasteiger partial charge in [-0.05, 0) is 26.0 Å². The Morgan fingerprint density at radius 1 is 1.00 bits per heavy atom. The molecule has 110 valence electrons. The van der Waals surface area contributed by atoms with Gasteiger partial charge in [-0.15, -0.1) is 10.2 Å². The minimum atomic E-state index is 0.820. The second-order valence-electron chi connectivity index (χ2n) is 5.32. The molecule has 0 N–H and O–H groups in total. The lowest BCUT2D eigenvalue weighted by molar-refractivity contribution is 0.850. The van der Waals surface area contributed by atoms with Gasteiger partial charge >= 0.3 is 0 Å². The van der Waals surface area contributed by atoms with E-state index in [1.54, 1.807) is 0 Å². The minimum absolute atomic E-state index is 0.820. The normalized spacial score (nSPS) is 11.6. The largest absolute Gasteiger partial charge is 0.266 e. The number of hydrogen-bond acceptors (Lipinski definition) is 4. The maximum atomic E-state index is 4.77. The van der Waals surface area contributed by atoms with Crippen molar-refractivity contribution < 1.29 is 0 Å². The van der Waals surface area contributed by atoms with Gasteiger partial charge in [-0.1, -0.05) is 25.1 Å². The molecule has 6 heteroatoms. The molecule has 0 spiro atoms. The monoisotopic (exact) mass is 292 g/mol. The van der Waals surface area contributed by atoms with Crippen LogP contribution in [0.2, 0.25) is 0 Å². The molecule has 0 amide bonds. The second-order valence-corrected chi connectivity index (χ2v) is 5.32. The summed E-state index contributed by atoms with van der Waals surface area (Å²) in [4.78, 5) is 4.77. The van der Waals surface area contributed by atoms with E-state index in [4.69, 9.17) is 4.98 Å². The van der Waals surface area contributed by atoms with Crippen molar-refractivity contribution in [3.8, 4) is 5.69 Å². The van der Waals surface area contributed by atoms with Crippen LogP contribution in [-0.2, 0) is 6.42 Å². The lowest BCUT2D eigenvalue weighted by Crippen LogP contribution is -2.03. The van der Waals surface area contributed by atoms with Crippen LogP contribution in [-0.4, -0.2) is 29.4 Å². The van der Waals surface area contributed by atoms with Gasteiger partial charge in [-0.25, -0.2) is 9.67 Å². The third kappa shape index (κ3) is 1.67. The molecule has 3 aromatic heterocycles. The molecule has 4 rings (SSSR count). The summed E-state index contributed by atoms with van der Waals surface area (Å²) < 4.78 is 3.89. The average molecular weight is 292 g/mol. The highest BCUT2D eigenvalue weighted by molar-refractivity contribution is 5.92. The van der Waals surface area contributed by atoms with Crippen molar-refractivity contribution >= 4 is 16.7 Å². The Balaban J connectivity index is 2.14. The standard InChI is InChI=1S/C16H16N6/c1-4-13-18-19-16-14-10(2)20-22(12-8-6-5-7-9-12)15(14)17-11(3)21(13)16/h5-9H,4H2,1-3H3. The van der Waals surface area contributed by atoms with Crippen LogP contribution >= 0.6 is 0 Å². The van der Waals surface area contributed by atoms with Crippen LogP contribution in [0.4, 0.5) is 0 Å². The van der Waals surface area contributed by atoms with Gasteiger partial charge in [-0.2, -0.15) is 5.10 Å². The molecule has 4 aromatic rings. The first kappa shape index (κ1) is 12.9. The summed E-state index contributed by atoms with van der Waals surface area (Å²) in [7, 11) is 0. The first-order chi connectivity index (χ1) is 10.7. The molecule has 0 fully saturated rings. The topological polar surface area (TPSA) is 60.9 Å². The van der Waals surface area contributed by atoms with Crippen LogP contribution in [0.3, 0.4) is 0 Å². The van der Waals surface area contributed by atoms with E-state index in [-0.39, 0.29) is 0 Å². The van der Waals surface area contributed by atoms with Gasteiger partial charge in [0, 0.05) is 6.42 Å². The summed E-state index contributed by atoms with van der Waals surface area (Å²) in [5.74, 6) is 1.80. The number of aromatic nitrogens is 6. The Hall–Kier alpha value is -2.76. The Morgan fingerprint density at radius 3 is 2.50 bits per heavy atom. The van der Waals surface area contributed by atoms with Crippen LogP contribution in [0, 0.1) is 13.8 Å². The highest BCUT2D eigenvalue weighted by atomic mass is 15.3. The minimum Gasteiger partial charge on any atom is -0.266 e. The summed E-state index contributed by atoms with van der Waals surface area (Å²) in [5, 5.41) is 14.3. The van der Waals surface area contributed by atoms with Crippen LogP contribution in [0.5, 0.6) is 0 Å². The van der Waals surface area contributed by atoms with Gasteiger partial charge in [0.15, 0.2) is 11.3 Å². The number of rotatable bonds is 2. The molecule has 22 heavy (non-hydrogen) atoms. The fourth-order valence-corrected chi connectivity index (χ4v) is 2.88. The van der Waals surface area contributed by atoms with Gasteiger partial charge < -0.3 is 0 Å². The summed E-state index contributed by atoms with van der Waals surface area (Å²) >= 11 is 0. The van der Waals surface area contributed by atoms with Crippen LogP contribution in [0.15, 0.2) is 30.3 Å². The van der Waals surface area contributed by atoms with Gasteiger partial charge in [0.2, 0.25) is 0 Å². The van der Waals surface area contributed by atoms with Gasteiger partial charge in [0.1, 0.15) is 11.6 Å². The van der Waals surface area contributed by atoms with E-state index in [1.807, 2.05) is 53.3 Å². The van der Waals surface area contributed by atoms with E-state index in [1.165, 1.54) is 0 Å². The molecule has 0 aliphatic heterocycles. The Labute approximate surface area is 127 Å². The van der Waals surface area contributed by atoms with Crippen molar-refractivity contribution in [1.82, 2.24) is 29.4 Å². The predicted molar refractivity (Wildman–Crippen MR) is 84.3 cm³/mol.